The fourth-order valence-electron chi connectivity index (χ4n) is 4.63. The molecule has 0 spiro atoms. The van der Waals surface area contributed by atoms with Gasteiger partial charge in [0, 0.05) is 26.7 Å². The summed E-state index contributed by atoms with van der Waals surface area (Å²) < 4.78 is 11.7. The number of ether oxygens (including phenoxy) is 2. The number of benzene rings is 5. The molecule has 0 saturated heterocycles. The number of anilines is 2. The van der Waals surface area contributed by atoms with Crippen LogP contribution in [0.15, 0.2) is 142 Å². The highest BCUT2D eigenvalue weighted by molar-refractivity contribution is 9.10. The molecule has 3 N–H and O–H groups in total. The number of hydrogen-bond acceptors (Lipinski definition) is 6. The van der Waals surface area contributed by atoms with Gasteiger partial charge >= 0.3 is 0 Å². The predicted octanol–water partition coefficient (Wildman–Crippen LogP) is 8.35. The predicted molar refractivity (Wildman–Crippen MR) is 194 cm³/mol. The van der Waals surface area contributed by atoms with Crippen LogP contribution in [0.5, 0.6) is 11.5 Å². The van der Waals surface area contributed by atoms with Gasteiger partial charge in [-0.1, -0.05) is 76.6 Å². The maximum atomic E-state index is 13.7. The molecule has 0 radical (unpaired) electrons. The van der Waals surface area contributed by atoms with E-state index in [2.05, 4.69) is 31.9 Å². The number of carbonyl (C=O) groups is 3. The zero-order valence-electron chi connectivity index (χ0n) is 26.1. The lowest BCUT2D eigenvalue weighted by molar-refractivity contribution is -0.116. The van der Waals surface area contributed by atoms with Crippen molar-refractivity contribution in [3.63, 3.8) is 0 Å². The van der Waals surface area contributed by atoms with Gasteiger partial charge in [0.15, 0.2) is 0 Å². The van der Waals surface area contributed by atoms with Crippen molar-refractivity contribution in [1.82, 2.24) is 5.32 Å². The van der Waals surface area contributed by atoms with E-state index in [4.69, 9.17) is 9.47 Å². The Balaban J connectivity index is 1.34. The van der Waals surface area contributed by atoms with E-state index in [-0.39, 0.29) is 11.6 Å². The molecule has 0 fully saturated rings. The molecule has 5 aromatic carbocycles. The first kappa shape index (κ1) is 34.0. The van der Waals surface area contributed by atoms with Crippen molar-refractivity contribution in [3.05, 3.63) is 154 Å². The highest BCUT2D eigenvalue weighted by Crippen LogP contribution is 2.38. The van der Waals surface area contributed by atoms with Gasteiger partial charge in [0.05, 0.1) is 19.9 Å². The van der Waals surface area contributed by atoms with Crippen molar-refractivity contribution < 1.29 is 23.9 Å². The Morgan fingerprint density at radius 3 is 2.06 bits per heavy atom. The van der Waals surface area contributed by atoms with Crippen molar-refractivity contribution in [1.29, 1.82) is 0 Å². The minimum Gasteiger partial charge on any atom is -0.497 e. The first-order valence-electron chi connectivity index (χ1n) is 14.8. The van der Waals surface area contributed by atoms with E-state index in [0.717, 1.165) is 20.5 Å². The van der Waals surface area contributed by atoms with Crippen LogP contribution >= 0.6 is 27.7 Å². The molecule has 0 aliphatic carbocycles. The summed E-state index contributed by atoms with van der Waals surface area (Å²) in [7, 11) is 3.10. The van der Waals surface area contributed by atoms with E-state index >= 15 is 0 Å². The SMILES string of the molecule is COc1ccc(OC)c(NC(=O)C(Sc2ccc(NC(=O)/C(=C/c3ccc(Br)cc3)NC(=O)c3ccccc3)cc2)c2ccccc2)c1. The molecule has 0 aliphatic rings. The Labute approximate surface area is 291 Å². The second kappa shape index (κ2) is 16.5. The first-order valence-corrected chi connectivity index (χ1v) is 16.5. The summed E-state index contributed by atoms with van der Waals surface area (Å²) in [6.07, 6.45) is 1.62. The molecular formula is C38H32BrN3O5S. The lowest BCUT2D eigenvalue weighted by Gasteiger charge is -2.19. The van der Waals surface area contributed by atoms with E-state index in [1.807, 2.05) is 72.8 Å². The van der Waals surface area contributed by atoms with Crippen LogP contribution in [-0.2, 0) is 9.59 Å². The van der Waals surface area contributed by atoms with Crippen LogP contribution in [0.2, 0.25) is 0 Å². The number of amides is 3. The van der Waals surface area contributed by atoms with Gasteiger partial charge in [-0.25, -0.2) is 0 Å². The van der Waals surface area contributed by atoms with Crippen molar-refractivity contribution in [2.45, 2.75) is 10.1 Å². The quantitative estimate of drug-likeness (QED) is 0.0884. The molecule has 10 heteroatoms. The third kappa shape index (κ3) is 9.15. The summed E-state index contributed by atoms with van der Waals surface area (Å²) in [5.41, 5.74) is 3.07. The van der Waals surface area contributed by atoms with Gasteiger partial charge in [0.1, 0.15) is 22.4 Å². The molecule has 0 bridgehead atoms. The second-order valence-electron chi connectivity index (χ2n) is 10.4. The zero-order chi connectivity index (χ0) is 33.9. The minimum absolute atomic E-state index is 0.0819. The van der Waals surface area contributed by atoms with E-state index in [9.17, 15) is 14.4 Å². The van der Waals surface area contributed by atoms with Crippen LogP contribution in [0.25, 0.3) is 6.08 Å². The molecule has 0 aromatic heterocycles. The van der Waals surface area contributed by atoms with E-state index in [0.29, 0.717) is 28.4 Å². The van der Waals surface area contributed by atoms with Crippen LogP contribution in [0.1, 0.15) is 26.7 Å². The number of nitrogens with one attached hydrogen (secondary N) is 3. The number of methoxy groups -OCH3 is 2. The molecular weight excluding hydrogens is 690 g/mol. The van der Waals surface area contributed by atoms with Gasteiger partial charge < -0.3 is 25.4 Å². The summed E-state index contributed by atoms with van der Waals surface area (Å²) >= 11 is 4.79. The van der Waals surface area contributed by atoms with Crippen molar-refractivity contribution in [3.8, 4) is 11.5 Å². The lowest BCUT2D eigenvalue weighted by Crippen LogP contribution is -2.30. The van der Waals surface area contributed by atoms with E-state index < -0.39 is 17.1 Å². The molecule has 8 nitrogen and oxygen atoms in total. The lowest BCUT2D eigenvalue weighted by atomic mass is 10.1. The van der Waals surface area contributed by atoms with Gasteiger partial charge in [0.25, 0.3) is 11.8 Å². The van der Waals surface area contributed by atoms with E-state index in [1.54, 1.807) is 67.8 Å². The molecule has 48 heavy (non-hydrogen) atoms. The summed E-state index contributed by atoms with van der Waals surface area (Å²) in [4.78, 5) is 41.0. The molecule has 3 amide bonds. The van der Waals surface area contributed by atoms with Crippen molar-refractivity contribution >= 4 is 62.9 Å². The molecule has 0 heterocycles. The third-order valence-electron chi connectivity index (χ3n) is 7.08. The van der Waals surface area contributed by atoms with Crippen LogP contribution in [0.4, 0.5) is 11.4 Å². The Morgan fingerprint density at radius 1 is 0.750 bits per heavy atom. The number of hydrogen-bond donors (Lipinski definition) is 3. The number of halogens is 1. The standard InChI is InChI=1S/C38H32BrN3O5S/c1-46-30-19-22-34(47-2)32(24-30)41-38(45)35(26-9-5-3-6-10-26)48-31-20-17-29(18-21-31)40-37(44)33(23-25-13-15-28(39)16-14-25)42-36(43)27-11-7-4-8-12-27/h3-24,35H,1-2H3,(H,40,44)(H,41,45)(H,42,43)/b33-23-. The van der Waals surface area contributed by atoms with Crippen LogP contribution in [0, 0.1) is 0 Å². The fourth-order valence-corrected chi connectivity index (χ4v) is 5.92. The number of thioether (sulfide) groups is 1. The zero-order valence-corrected chi connectivity index (χ0v) is 28.5. The summed E-state index contributed by atoms with van der Waals surface area (Å²) in [5.74, 6) is -0.0438. The van der Waals surface area contributed by atoms with Crippen LogP contribution in [0.3, 0.4) is 0 Å². The summed E-state index contributed by atoms with van der Waals surface area (Å²) in [6, 6.07) is 37.9. The monoisotopic (exact) mass is 721 g/mol. The molecule has 0 saturated carbocycles. The smallest absolute Gasteiger partial charge is 0.272 e. The van der Waals surface area contributed by atoms with Crippen molar-refractivity contribution in [2.24, 2.45) is 0 Å². The van der Waals surface area contributed by atoms with Gasteiger partial charge in [0.2, 0.25) is 5.91 Å². The fraction of sp³-hybridized carbons (Fsp3) is 0.0789. The van der Waals surface area contributed by atoms with Crippen molar-refractivity contribution in [2.75, 3.05) is 24.9 Å². The molecule has 5 rings (SSSR count). The van der Waals surface area contributed by atoms with Crippen LogP contribution < -0.4 is 25.4 Å². The van der Waals surface area contributed by atoms with E-state index in [1.165, 1.54) is 18.9 Å². The largest absolute Gasteiger partial charge is 0.497 e. The van der Waals surface area contributed by atoms with Gasteiger partial charge in [-0.15, -0.1) is 11.8 Å². The maximum Gasteiger partial charge on any atom is 0.272 e. The average Bonchev–Trinajstić information content (AvgIpc) is 3.12. The normalized spacial score (nSPS) is 11.6. The molecule has 1 unspecified atom stereocenters. The highest BCUT2D eigenvalue weighted by atomic mass is 79.9. The number of carbonyl (C=O) groups excluding carboxylic acids is 3. The maximum absolute atomic E-state index is 13.7. The molecule has 242 valence electrons. The second-order valence-corrected chi connectivity index (χ2v) is 12.5. The third-order valence-corrected chi connectivity index (χ3v) is 8.88. The highest BCUT2D eigenvalue weighted by Gasteiger charge is 2.24. The van der Waals surface area contributed by atoms with Gasteiger partial charge in [-0.05, 0) is 77.9 Å². The van der Waals surface area contributed by atoms with Crippen LogP contribution in [-0.4, -0.2) is 31.9 Å². The van der Waals surface area contributed by atoms with Gasteiger partial charge in [-0.2, -0.15) is 0 Å². The van der Waals surface area contributed by atoms with Gasteiger partial charge in [-0.3, -0.25) is 14.4 Å². The first-order chi connectivity index (χ1) is 23.3. The Hall–Kier alpha value is -5.32. The molecule has 0 aliphatic heterocycles. The summed E-state index contributed by atoms with van der Waals surface area (Å²) in [6.45, 7) is 0. The minimum atomic E-state index is -0.601. The molecule has 1 atom stereocenters. The average molecular weight is 723 g/mol. The Kier molecular flexibility index (Phi) is 11.7. The number of rotatable bonds is 12. The Bertz CT molecular complexity index is 1900. The topological polar surface area (TPSA) is 106 Å². The Morgan fingerprint density at radius 2 is 1.42 bits per heavy atom. The molecule has 5 aromatic rings. The summed E-state index contributed by atoms with van der Waals surface area (Å²) in [5, 5.41) is 8.02.